The summed E-state index contributed by atoms with van der Waals surface area (Å²) >= 11 is 0. The van der Waals surface area contributed by atoms with Gasteiger partial charge in [0.25, 0.3) is 0 Å². The van der Waals surface area contributed by atoms with E-state index in [-0.39, 0.29) is 0 Å². The van der Waals surface area contributed by atoms with Crippen molar-refractivity contribution in [2.75, 3.05) is 0 Å². The van der Waals surface area contributed by atoms with Crippen LogP contribution in [0.1, 0.15) is 49.8 Å². The molecule has 0 spiro atoms. The van der Waals surface area contributed by atoms with Gasteiger partial charge in [-0.25, -0.2) is 0 Å². The lowest BCUT2D eigenvalue weighted by atomic mass is 9.95. The average Bonchev–Trinajstić information content (AvgIpc) is 2.32. The molecule has 17 heavy (non-hydrogen) atoms. The van der Waals surface area contributed by atoms with Gasteiger partial charge in [0, 0.05) is 0 Å². The van der Waals surface area contributed by atoms with E-state index in [1.165, 1.54) is 37.7 Å². The maximum Gasteiger partial charge on any atom is 0.0719 e. The molecule has 0 aliphatic rings. The predicted octanol–water partition coefficient (Wildman–Crippen LogP) is 4.98. The van der Waals surface area contributed by atoms with Crippen LogP contribution >= 0.6 is 0 Å². The molecule has 1 rings (SSSR count). The third-order valence-electron chi connectivity index (χ3n) is 2.92. The molecular formula is C16H26O. The second-order valence-corrected chi connectivity index (χ2v) is 4.21. The van der Waals surface area contributed by atoms with Gasteiger partial charge >= 0.3 is 0 Å². The van der Waals surface area contributed by atoms with Gasteiger partial charge < -0.3 is 5.11 Å². The molecule has 0 saturated heterocycles. The van der Waals surface area contributed by atoms with Gasteiger partial charge in [0.15, 0.2) is 0 Å². The molecule has 1 N–H and O–H groups in total. The lowest BCUT2D eigenvalue weighted by molar-refractivity contribution is 0.476. The molecule has 0 fully saturated rings. The SMILES string of the molecule is C=CO.CCCCCc1c(C)cccc1CC. The Bertz CT molecular complexity index is 315. The van der Waals surface area contributed by atoms with Gasteiger partial charge in [-0.3, -0.25) is 0 Å². The molecule has 0 aromatic heterocycles. The first kappa shape index (κ1) is 15.8. The fourth-order valence-electron chi connectivity index (χ4n) is 2.00. The monoisotopic (exact) mass is 234 g/mol. The molecular weight excluding hydrogens is 208 g/mol. The summed E-state index contributed by atoms with van der Waals surface area (Å²) in [4.78, 5) is 0. The van der Waals surface area contributed by atoms with Crippen molar-refractivity contribution in [3.63, 3.8) is 0 Å². The molecule has 0 heterocycles. The molecule has 1 nitrogen and oxygen atoms in total. The summed E-state index contributed by atoms with van der Waals surface area (Å²) in [5.41, 5.74) is 4.62. The van der Waals surface area contributed by atoms with Crippen molar-refractivity contribution in [1.29, 1.82) is 0 Å². The minimum absolute atomic E-state index is 0.750. The summed E-state index contributed by atoms with van der Waals surface area (Å²) in [5.74, 6) is 0. The maximum atomic E-state index is 7.33. The molecule has 0 radical (unpaired) electrons. The van der Waals surface area contributed by atoms with E-state index in [0.29, 0.717) is 0 Å². The Kier molecular flexibility index (Phi) is 9.22. The first-order chi connectivity index (χ1) is 8.21. The number of hydrogen-bond acceptors (Lipinski definition) is 1. The van der Waals surface area contributed by atoms with Crippen LogP contribution in [-0.4, -0.2) is 5.11 Å². The highest BCUT2D eigenvalue weighted by molar-refractivity contribution is 5.34. The van der Waals surface area contributed by atoms with E-state index < -0.39 is 0 Å². The van der Waals surface area contributed by atoms with Crippen LogP contribution in [0.25, 0.3) is 0 Å². The molecule has 0 atom stereocenters. The number of rotatable bonds is 5. The fraction of sp³-hybridized carbons (Fsp3) is 0.500. The van der Waals surface area contributed by atoms with E-state index in [1.807, 2.05) is 0 Å². The Labute approximate surface area is 106 Å². The number of benzene rings is 1. The Balaban J connectivity index is 0.000000770. The van der Waals surface area contributed by atoms with Gasteiger partial charge in [-0.05, 0) is 42.9 Å². The predicted molar refractivity (Wildman–Crippen MR) is 76.6 cm³/mol. The fourth-order valence-corrected chi connectivity index (χ4v) is 2.00. The van der Waals surface area contributed by atoms with E-state index in [9.17, 15) is 0 Å². The highest BCUT2D eigenvalue weighted by Gasteiger charge is 2.02. The summed E-state index contributed by atoms with van der Waals surface area (Å²) in [6.45, 7) is 9.66. The Morgan fingerprint density at radius 3 is 2.41 bits per heavy atom. The number of aliphatic hydroxyl groups is 1. The standard InChI is InChI=1S/C14H22.C2H4O/c1-4-6-7-11-14-12(3)9-8-10-13(14)5-2;1-2-3/h8-10H,4-7,11H2,1-3H3;2-3H,1H2. The third kappa shape index (κ3) is 6.15. The molecule has 0 amide bonds. The summed E-state index contributed by atoms with van der Waals surface area (Å²) in [7, 11) is 0. The van der Waals surface area contributed by atoms with Crippen molar-refractivity contribution in [3.8, 4) is 0 Å². The van der Waals surface area contributed by atoms with Crippen LogP contribution in [-0.2, 0) is 12.8 Å². The molecule has 1 aromatic carbocycles. The van der Waals surface area contributed by atoms with Crippen LogP contribution in [0.15, 0.2) is 31.0 Å². The molecule has 0 aliphatic heterocycles. The van der Waals surface area contributed by atoms with Gasteiger partial charge in [-0.1, -0.05) is 51.5 Å². The minimum atomic E-state index is 0.750. The van der Waals surface area contributed by atoms with E-state index in [1.54, 1.807) is 11.1 Å². The Morgan fingerprint density at radius 2 is 1.88 bits per heavy atom. The summed E-state index contributed by atoms with van der Waals surface area (Å²) in [6, 6.07) is 6.69. The molecule has 0 saturated carbocycles. The van der Waals surface area contributed by atoms with E-state index in [2.05, 4.69) is 45.5 Å². The normalized spacial score (nSPS) is 9.35. The molecule has 0 aliphatic carbocycles. The molecule has 1 heteroatoms. The van der Waals surface area contributed by atoms with Gasteiger partial charge in [0.1, 0.15) is 0 Å². The van der Waals surface area contributed by atoms with Gasteiger partial charge in [-0.2, -0.15) is 0 Å². The maximum absolute atomic E-state index is 7.33. The van der Waals surface area contributed by atoms with Gasteiger partial charge in [-0.15, -0.1) is 0 Å². The van der Waals surface area contributed by atoms with Crippen molar-refractivity contribution in [3.05, 3.63) is 47.7 Å². The molecule has 1 aromatic rings. The highest BCUT2D eigenvalue weighted by atomic mass is 16.2. The van der Waals surface area contributed by atoms with Crippen LogP contribution in [0.4, 0.5) is 0 Å². The second kappa shape index (κ2) is 9.95. The van der Waals surface area contributed by atoms with Crippen LogP contribution in [0, 0.1) is 6.92 Å². The summed E-state index contributed by atoms with van der Waals surface area (Å²) in [6.07, 6.45) is 7.20. The van der Waals surface area contributed by atoms with Crippen LogP contribution < -0.4 is 0 Å². The topological polar surface area (TPSA) is 20.2 Å². The third-order valence-corrected chi connectivity index (χ3v) is 2.92. The minimum Gasteiger partial charge on any atom is -0.516 e. The lowest BCUT2D eigenvalue weighted by Crippen LogP contribution is -1.96. The number of unbranched alkanes of at least 4 members (excludes halogenated alkanes) is 2. The zero-order chi connectivity index (χ0) is 13.1. The number of aryl methyl sites for hydroxylation is 2. The van der Waals surface area contributed by atoms with Gasteiger partial charge in [0.05, 0.1) is 6.26 Å². The first-order valence-corrected chi connectivity index (χ1v) is 6.53. The van der Waals surface area contributed by atoms with E-state index in [0.717, 1.165) is 6.26 Å². The second-order valence-electron chi connectivity index (χ2n) is 4.21. The van der Waals surface area contributed by atoms with Gasteiger partial charge in [0.2, 0.25) is 0 Å². The van der Waals surface area contributed by atoms with Crippen molar-refractivity contribution in [2.45, 2.75) is 52.9 Å². The van der Waals surface area contributed by atoms with Crippen molar-refractivity contribution in [1.82, 2.24) is 0 Å². The van der Waals surface area contributed by atoms with Crippen molar-refractivity contribution in [2.24, 2.45) is 0 Å². The van der Waals surface area contributed by atoms with Crippen molar-refractivity contribution < 1.29 is 5.11 Å². The van der Waals surface area contributed by atoms with Crippen molar-refractivity contribution >= 4 is 0 Å². The lowest BCUT2D eigenvalue weighted by Gasteiger charge is -2.10. The summed E-state index contributed by atoms with van der Waals surface area (Å²) in [5, 5.41) is 7.33. The zero-order valence-corrected chi connectivity index (χ0v) is 11.5. The zero-order valence-electron chi connectivity index (χ0n) is 11.5. The smallest absolute Gasteiger partial charge is 0.0719 e. The number of aliphatic hydroxyl groups excluding tert-OH is 1. The summed E-state index contributed by atoms with van der Waals surface area (Å²) < 4.78 is 0. The average molecular weight is 234 g/mol. The van der Waals surface area contributed by atoms with E-state index in [4.69, 9.17) is 5.11 Å². The highest BCUT2D eigenvalue weighted by Crippen LogP contribution is 2.17. The molecule has 0 bridgehead atoms. The quantitative estimate of drug-likeness (QED) is 0.563. The molecule has 96 valence electrons. The van der Waals surface area contributed by atoms with Crippen LogP contribution in [0.3, 0.4) is 0 Å². The number of hydrogen-bond donors (Lipinski definition) is 1. The largest absolute Gasteiger partial charge is 0.516 e. The van der Waals surface area contributed by atoms with Crippen LogP contribution in [0.5, 0.6) is 0 Å². The Hall–Kier alpha value is -1.24. The Morgan fingerprint density at radius 1 is 1.24 bits per heavy atom. The first-order valence-electron chi connectivity index (χ1n) is 6.53. The molecule has 0 unspecified atom stereocenters. The van der Waals surface area contributed by atoms with Crippen LogP contribution in [0.2, 0.25) is 0 Å². The van der Waals surface area contributed by atoms with E-state index >= 15 is 0 Å².